The molecule has 0 bridgehead atoms. The molecular weight excluding hydrogens is 256 g/mol. The number of rotatable bonds is 2. The molecule has 1 atom stereocenters. The van der Waals surface area contributed by atoms with Gasteiger partial charge in [-0.15, -0.1) is 0 Å². The van der Waals surface area contributed by atoms with Gasteiger partial charge in [0, 0.05) is 12.0 Å². The summed E-state index contributed by atoms with van der Waals surface area (Å²) < 4.78 is 0. The van der Waals surface area contributed by atoms with E-state index in [1.54, 1.807) is 6.92 Å². The molecule has 0 amide bonds. The van der Waals surface area contributed by atoms with Crippen LogP contribution >= 0.6 is 0 Å². The fourth-order valence-electron chi connectivity index (χ4n) is 2.54. The minimum atomic E-state index is -1.05. The van der Waals surface area contributed by atoms with Crippen molar-refractivity contribution in [3.63, 3.8) is 0 Å². The van der Waals surface area contributed by atoms with E-state index in [-0.39, 0.29) is 0 Å². The number of carbonyl (C=O) groups excluding carboxylic acids is 1. The second-order valence-corrected chi connectivity index (χ2v) is 5.40. The zero-order valence-corrected chi connectivity index (χ0v) is 11.5. The Kier molecular flexibility index (Phi) is 3.04. The van der Waals surface area contributed by atoms with E-state index in [0.717, 1.165) is 29.8 Å². The van der Waals surface area contributed by atoms with Crippen molar-refractivity contribution in [2.24, 2.45) is 10.3 Å². The van der Waals surface area contributed by atoms with E-state index in [9.17, 15) is 4.79 Å². The predicted molar refractivity (Wildman–Crippen MR) is 74.6 cm³/mol. The molecule has 3 rings (SSSR count). The van der Waals surface area contributed by atoms with Gasteiger partial charge in [-0.3, -0.25) is 0 Å². The lowest BCUT2D eigenvalue weighted by Gasteiger charge is -2.16. The van der Waals surface area contributed by atoms with Gasteiger partial charge in [-0.2, -0.15) is 0 Å². The zero-order valence-electron chi connectivity index (χ0n) is 11.5. The van der Waals surface area contributed by atoms with E-state index in [4.69, 9.17) is 9.68 Å². The monoisotopic (exact) mass is 272 g/mol. The maximum Gasteiger partial charge on any atom is 0.381 e. The molecule has 0 spiro atoms. The molecule has 0 N–H and O–H groups in total. The van der Waals surface area contributed by atoms with Crippen molar-refractivity contribution in [1.29, 1.82) is 0 Å². The van der Waals surface area contributed by atoms with Crippen LogP contribution in [0.2, 0.25) is 0 Å². The Balaban J connectivity index is 1.71. The van der Waals surface area contributed by atoms with Crippen LogP contribution in [0.1, 0.15) is 37.8 Å². The van der Waals surface area contributed by atoms with Crippen LogP contribution in [0.5, 0.6) is 0 Å². The minimum Gasteiger partial charge on any atom is -0.377 e. The van der Waals surface area contributed by atoms with Crippen molar-refractivity contribution in [3.05, 3.63) is 35.4 Å². The molecular formula is C15H16N2O3. The second kappa shape index (κ2) is 4.74. The van der Waals surface area contributed by atoms with Gasteiger partial charge in [-0.1, -0.05) is 34.6 Å². The molecule has 1 aromatic rings. The van der Waals surface area contributed by atoms with Crippen LogP contribution < -0.4 is 0 Å². The van der Waals surface area contributed by atoms with E-state index in [0.29, 0.717) is 6.42 Å². The third-order valence-corrected chi connectivity index (χ3v) is 3.63. The second-order valence-electron chi connectivity index (χ2n) is 5.40. The van der Waals surface area contributed by atoms with Gasteiger partial charge in [0.1, 0.15) is 0 Å². The van der Waals surface area contributed by atoms with Gasteiger partial charge in [0.2, 0.25) is 5.60 Å². The lowest BCUT2D eigenvalue weighted by molar-refractivity contribution is -0.167. The Morgan fingerprint density at radius 3 is 2.95 bits per heavy atom. The molecule has 1 aliphatic carbocycles. The van der Waals surface area contributed by atoms with Gasteiger partial charge in [0.15, 0.2) is 0 Å². The molecule has 1 aromatic carbocycles. The van der Waals surface area contributed by atoms with Crippen molar-refractivity contribution in [2.45, 2.75) is 38.7 Å². The van der Waals surface area contributed by atoms with Crippen LogP contribution in [0.3, 0.4) is 0 Å². The first-order valence-corrected chi connectivity index (χ1v) is 6.67. The average molecular weight is 272 g/mol. The minimum absolute atomic E-state index is 0.438. The van der Waals surface area contributed by atoms with Crippen LogP contribution in [0.25, 0.3) is 0 Å². The van der Waals surface area contributed by atoms with Gasteiger partial charge in [0.05, 0.1) is 11.4 Å². The van der Waals surface area contributed by atoms with E-state index in [1.165, 1.54) is 5.56 Å². The molecule has 1 heterocycles. The van der Waals surface area contributed by atoms with E-state index < -0.39 is 11.6 Å². The van der Waals surface area contributed by atoms with Crippen LogP contribution in [-0.4, -0.2) is 23.0 Å². The summed E-state index contributed by atoms with van der Waals surface area (Å²) in [6.45, 7) is 3.48. The smallest absolute Gasteiger partial charge is 0.377 e. The molecule has 5 nitrogen and oxygen atoms in total. The fraction of sp³-hybridized carbons (Fsp3) is 0.400. The number of nitrogens with zero attached hydrogens (tertiary/aromatic N) is 2. The summed E-state index contributed by atoms with van der Waals surface area (Å²) in [5, 5.41) is 7.81. The number of oxime groups is 2. The summed E-state index contributed by atoms with van der Waals surface area (Å²) in [5.41, 5.74) is 2.85. The van der Waals surface area contributed by atoms with Crippen LogP contribution in [0.15, 0.2) is 34.6 Å². The lowest BCUT2D eigenvalue weighted by Crippen LogP contribution is -2.36. The molecule has 1 aliphatic heterocycles. The first-order valence-electron chi connectivity index (χ1n) is 6.67. The maximum absolute atomic E-state index is 12.1. The molecule has 104 valence electrons. The van der Waals surface area contributed by atoms with Gasteiger partial charge in [-0.05, 0) is 32.3 Å². The molecule has 0 fully saturated rings. The highest BCUT2D eigenvalue weighted by molar-refractivity contribution is 6.04. The van der Waals surface area contributed by atoms with Crippen molar-refractivity contribution >= 4 is 17.4 Å². The van der Waals surface area contributed by atoms with Gasteiger partial charge >= 0.3 is 5.97 Å². The topological polar surface area (TPSA) is 60.2 Å². The Morgan fingerprint density at radius 1 is 1.40 bits per heavy atom. The summed E-state index contributed by atoms with van der Waals surface area (Å²) in [5.74, 6) is -0.505. The molecule has 1 unspecified atom stereocenters. The number of benzene rings is 1. The molecule has 0 saturated heterocycles. The number of carbonyl (C=O) groups is 1. The Hall–Kier alpha value is -2.17. The third kappa shape index (κ3) is 2.19. The largest absolute Gasteiger partial charge is 0.381 e. The van der Waals surface area contributed by atoms with Crippen LogP contribution in [0.4, 0.5) is 0 Å². The molecule has 0 radical (unpaired) electrons. The van der Waals surface area contributed by atoms with Crippen molar-refractivity contribution < 1.29 is 14.5 Å². The van der Waals surface area contributed by atoms with Crippen LogP contribution in [-0.2, 0) is 20.9 Å². The van der Waals surface area contributed by atoms with Crippen molar-refractivity contribution in [1.82, 2.24) is 0 Å². The Morgan fingerprint density at radius 2 is 2.20 bits per heavy atom. The highest BCUT2D eigenvalue weighted by Crippen LogP contribution is 2.26. The van der Waals surface area contributed by atoms with E-state index in [1.807, 2.05) is 25.1 Å². The van der Waals surface area contributed by atoms with Gasteiger partial charge in [0.25, 0.3) is 0 Å². The average Bonchev–Trinajstić information content (AvgIpc) is 3.01. The molecule has 5 heteroatoms. The van der Waals surface area contributed by atoms with Crippen molar-refractivity contribution in [2.75, 3.05) is 0 Å². The molecule has 0 aromatic heterocycles. The Bertz CT molecular complexity index is 621. The first kappa shape index (κ1) is 12.8. The number of aryl methyl sites for hydroxylation is 1. The lowest BCUT2D eigenvalue weighted by atomic mass is 10.0. The highest BCUT2D eigenvalue weighted by Gasteiger charge is 2.43. The van der Waals surface area contributed by atoms with Crippen molar-refractivity contribution in [3.8, 4) is 0 Å². The summed E-state index contributed by atoms with van der Waals surface area (Å²) in [6.07, 6.45) is 2.16. The summed E-state index contributed by atoms with van der Waals surface area (Å²) in [6, 6.07) is 8.02. The first-order chi connectivity index (χ1) is 9.58. The number of fused-ring (bicyclic) bond motifs is 1. The SMILES string of the molecule is CC1=NOC(C)(C(=O)O/N=C2\CCc3ccccc32)C1. The normalized spacial score (nSPS) is 26.1. The summed E-state index contributed by atoms with van der Waals surface area (Å²) >= 11 is 0. The molecule has 0 saturated carbocycles. The quantitative estimate of drug-likeness (QED) is 0.613. The van der Waals surface area contributed by atoms with E-state index in [2.05, 4.69) is 16.4 Å². The highest BCUT2D eigenvalue weighted by atomic mass is 16.7. The number of hydrogen-bond acceptors (Lipinski definition) is 5. The predicted octanol–water partition coefficient (Wildman–Crippen LogP) is 2.44. The zero-order chi connectivity index (χ0) is 14.2. The standard InChI is InChI=1S/C15H16N2O3/c1-10-9-15(2,20-16-10)14(18)19-17-13-8-7-11-5-3-4-6-12(11)13/h3-6H,7-9H2,1-2H3/b17-13+. The molecule has 20 heavy (non-hydrogen) atoms. The van der Waals surface area contributed by atoms with Crippen LogP contribution in [0, 0.1) is 0 Å². The summed E-state index contributed by atoms with van der Waals surface area (Å²) in [7, 11) is 0. The fourth-order valence-corrected chi connectivity index (χ4v) is 2.54. The summed E-state index contributed by atoms with van der Waals surface area (Å²) in [4.78, 5) is 22.3. The van der Waals surface area contributed by atoms with Gasteiger partial charge < -0.3 is 9.68 Å². The maximum atomic E-state index is 12.1. The number of hydrogen-bond donors (Lipinski definition) is 0. The Labute approximate surface area is 117 Å². The molecule has 2 aliphatic rings. The van der Waals surface area contributed by atoms with E-state index >= 15 is 0 Å². The van der Waals surface area contributed by atoms with Gasteiger partial charge in [-0.25, -0.2) is 4.79 Å². The third-order valence-electron chi connectivity index (χ3n) is 3.63.